The molecule has 0 radical (unpaired) electrons. The normalized spacial score (nSPS) is 32.8. The predicted octanol–water partition coefficient (Wildman–Crippen LogP) is 2.60. The molecule has 0 N–H and O–H groups in total. The van der Waals surface area contributed by atoms with Gasteiger partial charge in [0.25, 0.3) is 0 Å². The van der Waals surface area contributed by atoms with Crippen molar-refractivity contribution in [3.8, 4) is 0 Å². The number of halogens is 1. The van der Waals surface area contributed by atoms with E-state index in [4.69, 9.17) is 11.6 Å². The van der Waals surface area contributed by atoms with Crippen LogP contribution >= 0.6 is 11.6 Å². The van der Waals surface area contributed by atoms with Crippen LogP contribution < -0.4 is 4.90 Å². The van der Waals surface area contributed by atoms with E-state index in [1.54, 1.807) is 6.07 Å². The molecule has 2 bridgehead atoms. The highest BCUT2D eigenvalue weighted by Crippen LogP contribution is 2.45. The second-order valence-electron chi connectivity index (χ2n) is 6.13. The molecular weight excluding hydrogens is 262 g/mol. The third-order valence-electron chi connectivity index (χ3n) is 4.89. The van der Waals surface area contributed by atoms with Crippen LogP contribution in [0.4, 0.5) is 5.82 Å². The van der Waals surface area contributed by atoms with Crippen molar-refractivity contribution in [2.75, 3.05) is 4.90 Å². The van der Waals surface area contributed by atoms with Gasteiger partial charge in [0.05, 0.1) is 6.42 Å². The molecule has 2 saturated carbocycles. The number of carbonyl (C=O) groups excluding carboxylic acids is 1. The maximum atomic E-state index is 12.3. The average molecular weight is 278 g/mol. The number of nitrogens with zero attached hydrogens (tertiary/aromatic N) is 3. The van der Waals surface area contributed by atoms with Gasteiger partial charge in [-0.1, -0.05) is 24.4 Å². The van der Waals surface area contributed by atoms with Crippen LogP contribution in [0.25, 0.3) is 0 Å². The first-order chi connectivity index (χ1) is 9.20. The smallest absolute Gasteiger partial charge is 0.233 e. The Kier molecular flexibility index (Phi) is 2.56. The first-order valence-corrected chi connectivity index (χ1v) is 7.42. The maximum Gasteiger partial charge on any atom is 0.233 e. The Labute approximate surface area is 117 Å². The molecule has 0 aromatic carbocycles. The predicted molar refractivity (Wildman–Crippen MR) is 72.1 cm³/mol. The average Bonchev–Trinajstić information content (AvgIpc) is 2.88. The van der Waals surface area contributed by atoms with Crippen molar-refractivity contribution in [2.45, 2.75) is 44.6 Å². The zero-order valence-electron chi connectivity index (χ0n) is 10.7. The molecule has 1 aromatic rings. The van der Waals surface area contributed by atoms with Crippen molar-refractivity contribution in [1.29, 1.82) is 0 Å². The lowest BCUT2D eigenvalue weighted by Gasteiger charge is -2.34. The molecule has 4 nitrogen and oxygen atoms in total. The van der Waals surface area contributed by atoms with Gasteiger partial charge in [-0.2, -0.15) is 0 Å². The lowest BCUT2D eigenvalue weighted by molar-refractivity contribution is -0.118. The van der Waals surface area contributed by atoms with Crippen molar-refractivity contribution in [2.24, 2.45) is 11.8 Å². The van der Waals surface area contributed by atoms with E-state index in [1.165, 1.54) is 19.3 Å². The second-order valence-corrected chi connectivity index (χ2v) is 6.51. The molecule has 2 fully saturated rings. The van der Waals surface area contributed by atoms with Gasteiger partial charge in [-0.25, -0.2) is 0 Å². The summed E-state index contributed by atoms with van der Waals surface area (Å²) in [7, 11) is 0. The molecule has 2 heterocycles. The summed E-state index contributed by atoms with van der Waals surface area (Å²) in [5.41, 5.74) is 0.933. The minimum atomic E-state index is 0.165. The van der Waals surface area contributed by atoms with E-state index in [9.17, 15) is 4.79 Å². The van der Waals surface area contributed by atoms with Gasteiger partial charge in [0.15, 0.2) is 11.0 Å². The monoisotopic (exact) mass is 277 g/mol. The summed E-state index contributed by atoms with van der Waals surface area (Å²) in [6.45, 7) is 0. The number of amides is 1. The molecular formula is C14H16ClN3O. The molecule has 0 saturated heterocycles. The van der Waals surface area contributed by atoms with Gasteiger partial charge >= 0.3 is 0 Å². The van der Waals surface area contributed by atoms with Crippen LogP contribution in [0.2, 0.25) is 5.15 Å². The zero-order valence-corrected chi connectivity index (χ0v) is 11.4. The molecule has 2 aliphatic carbocycles. The summed E-state index contributed by atoms with van der Waals surface area (Å²) in [6, 6.07) is 2.11. The first-order valence-electron chi connectivity index (χ1n) is 7.05. The third-order valence-corrected chi connectivity index (χ3v) is 5.07. The highest BCUT2D eigenvalue weighted by atomic mass is 35.5. The largest absolute Gasteiger partial charge is 0.292 e. The van der Waals surface area contributed by atoms with E-state index in [1.807, 2.05) is 4.90 Å². The van der Waals surface area contributed by atoms with E-state index in [-0.39, 0.29) is 5.91 Å². The Hall–Kier alpha value is -1.16. The van der Waals surface area contributed by atoms with Gasteiger partial charge in [-0.3, -0.25) is 9.69 Å². The summed E-state index contributed by atoms with van der Waals surface area (Å²) in [6.07, 6.45) is 6.72. The van der Waals surface area contributed by atoms with Crippen LogP contribution in [-0.2, 0) is 11.2 Å². The van der Waals surface area contributed by atoms with Gasteiger partial charge in [0, 0.05) is 11.6 Å². The standard InChI is InChI=1S/C14H16ClN3O/c15-12-6-10-7-13(19)18(14(10)17-16-12)11-4-8-1-2-9(3-8)5-11/h6,8-9,11H,1-5,7H2/t8-,9?,11+/m0/s1. The number of hydrogen-bond donors (Lipinski definition) is 0. The molecule has 19 heavy (non-hydrogen) atoms. The topological polar surface area (TPSA) is 46.1 Å². The van der Waals surface area contributed by atoms with Crippen molar-refractivity contribution in [3.05, 3.63) is 16.8 Å². The van der Waals surface area contributed by atoms with Gasteiger partial charge in [0.1, 0.15) is 0 Å². The minimum Gasteiger partial charge on any atom is -0.292 e. The Morgan fingerprint density at radius 2 is 1.89 bits per heavy atom. The molecule has 0 spiro atoms. The maximum absolute atomic E-state index is 12.3. The lowest BCUT2D eigenvalue weighted by Crippen LogP contribution is -2.42. The van der Waals surface area contributed by atoms with E-state index in [2.05, 4.69) is 10.2 Å². The highest BCUT2D eigenvalue weighted by Gasteiger charge is 2.42. The molecule has 4 rings (SSSR count). The number of anilines is 1. The second kappa shape index (κ2) is 4.17. The molecule has 3 aliphatic rings. The van der Waals surface area contributed by atoms with E-state index < -0.39 is 0 Å². The van der Waals surface area contributed by atoms with Crippen LogP contribution in [0.3, 0.4) is 0 Å². The zero-order chi connectivity index (χ0) is 13.0. The first kappa shape index (κ1) is 11.6. The Morgan fingerprint density at radius 1 is 1.16 bits per heavy atom. The Balaban J connectivity index is 1.67. The molecule has 1 unspecified atom stereocenters. The van der Waals surface area contributed by atoms with Crippen LogP contribution in [0.1, 0.15) is 37.7 Å². The van der Waals surface area contributed by atoms with E-state index in [0.717, 1.165) is 36.1 Å². The van der Waals surface area contributed by atoms with Gasteiger partial charge < -0.3 is 0 Å². The summed E-state index contributed by atoms with van der Waals surface area (Å²) >= 11 is 5.86. The Morgan fingerprint density at radius 3 is 2.63 bits per heavy atom. The van der Waals surface area contributed by atoms with E-state index in [0.29, 0.717) is 17.6 Å². The van der Waals surface area contributed by atoms with Crippen LogP contribution in [0, 0.1) is 11.8 Å². The van der Waals surface area contributed by atoms with Crippen LogP contribution in [0.5, 0.6) is 0 Å². The van der Waals surface area contributed by atoms with Gasteiger partial charge in [0.2, 0.25) is 5.91 Å². The Bertz CT molecular complexity index is 535. The quantitative estimate of drug-likeness (QED) is 0.793. The number of fused-ring (bicyclic) bond motifs is 3. The summed E-state index contributed by atoms with van der Waals surface area (Å²) in [5, 5.41) is 8.44. The van der Waals surface area contributed by atoms with Crippen LogP contribution in [0.15, 0.2) is 6.07 Å². The summed E-state index contributed by atoms with van der Waals surface area (Å²) in [5.74, 6) is 2.53. The molecule has 100 valence electrons. The third kappa shape index (κ3) is 1.84. The molecule has 1 aromatic heterocycles. The van der Waals surface area contributed by atoms with Crippen molar-refractivity contribution < 1.29 is 4.79 Å². The highest BCUT2D eigenvalue weighted by molar-refractivity contribution is 6.29. The fourth-order valence-corrected chi connectivity index (χ4v) is 4.33. The number of rotatable bonds is 1. The fraction of sp³-hybridized carbons (Fsp3) is 0.643. The fourth-order valence-electron chi connectivity index (χ4n) is 4.16. The minimum absolute atomic E-state index is 0.165. The SMILES string of the molecule is O=C1Cc2cc(Cl)nnc2N1[C@H]1CC2CC[C@@H](C2)C1. The van der Waals surface area contributed by atoms with Crippen molar-refractivity contribution >= 4 is 23.3 Å². The molecule has 1 amide bonds. The van der Waals surface area contributed by atoms with Gasteiger partial charge in [-0.05, 0) is 37.2 Å². The van der Waals surface area contributed by atoms with Crippen molar-refractivity contribution in [1.82, 2.24) is 10.2 Å². The molecule has 5 heteroatoms. The molecule has 3 atom stereocenters. The number of carbonyl (C=O) groups is 1. The van der Waals surface area contributed by atoms with Gasteiger partial charge in [-0.15, -0.1) is 10.2 Å². The number of aromatic nitrogens is 2. The van der Waals surface area contributed by atoms with Crippen LogP contribution in [-0.4, -0.2) is 22.1 Å². The lowest BCUT2D eigenvalue weighted by atomic mass is 9.85. The number of hydrogen-bond acceptors (Lipinski definition) is 3. The summed E-state index contributed by atoms with van der Waals surface area (Å²) in [4.78, 5) is 14.2. The van der Waals surface area contributed by atoms with E-state index >= 15 is 0 Å². The summed E-state index contributed by atoms with van der Waals surface area (Å²) < 4.78 is 0. The van der Waals surface area contributed by atoms with Crippen molar-refractivity contribution in [3.63, 3.8) is 0 Å². The molecule has 1 aliphatic heterocycles.